The molecule has 2 heterocycles. The van der Waals surface area contributed by atoms with Gasteiger partial charge in [0, 0.05) is 24.2 Å². The number of nitrogens with zero attached hydrogens (tertiary/aromatic N) is 3. The van der Waals surface area contributed by atoms with Gasteiger partial charge < -0.3 is 0 Å². The molecular formula is C23H21N3O5S3. The summed E-state index contributed by atoms with van der Waals surface area (Å²) in [4.78, 5) is 23.9. The van der Waals surface area contributed by atoms with Crippen molar-refractivity contribution >= 4 is 52.3 Å². The third-order valence-corrected chi connectivity index (χ3v) is 9.02. The third-order valence-electron chi connectivity index (χ3n) is 5.14. The molecule has 176 valence electrons. The highest BCUT2D eigenvalue weighted by Gasteiger charge is 2.24. The molecule has 0 aliphatic carbocycles. The van der Waals surface area contributed by atoms with E-state index in [0.717, 1.165) is 11.8 Å². The van der Waals surface area contributed by atoms with Gasteiger partial charge in [0.25, 0.3) is 5.91 Å². The Labute approximate surface area is 201 Å². The Kier molecular flexibility index (Phi) is 6.52. The van der Waals surface area contributed by atoms with Gasteiger partial charge in [0.2, 0.25) is 0 Å². The van der Waals surface area contributed by atoms with Crippen LogP contribution in [0.3, 0.4) is 0 Å². The van der Waals surface area contributed by atoms with Crippen LogP contribution in [0.15, 0.2) is 76.8 Å². The lowest BCUT2D eigenvalue weighted by Gasteiger charge is -2.20. The summed E-state index contributed by atoms with van der Waals surface area (Å²) < 4.78 is 49.2. The van der Waals surface area contributed by atoms with Crippen molar-refractivity contribution in [2.45, 2.75) is 23.3 Å². The minimum Gasteiger partial charge on any atom is -0.279 e. The molecule has 1 amide bonds. The molecular weight excluding hydrogens is 494 g/mol. The number of anilines is 1. The Hall–Kier alpha value is -3.15. The van der Waals surface area contributed by atoms with Crippen molar-refractivity contribution in [3.63, 3.8) is 0 Å². The van der Waals surface area contributed by atoms with Crippen molar-refractivity contribution in [3.8, 4) is 0 Å². The summed E-state index contributed by atoms with van der Waals surface area (Å²) in [5.74, 6) is -0.510. The van der Waals surface area contributed by atoms with Gasteiger partial charge in [-0.2, -0.15) is 0 Å². The van der Waals surface area contributed by atoms with Crippen LogP contribution in [-0.4, -0.2) is 44.7 Å². The number of carbonyl (C=O) groups excluding carboxylic acids is 1. The first kappa shape index (κ1) is 24.0. The Morgan fingerprint density at radius 2 is 1.79 bits per heavy atom. The number of benzene rings is 2. The predicted molar refractivity (Wildman–Crippen MR) is 132 cm³/mol. The van der Waals surface area contributed by atoms with Crippen LogP contribution in [0.2, 0.25) is 0 Å². The Bertz CT molecular complexity index is 1580. The van der Waals surface area contributed by atoms with Gasteiger partial charge in [-0.25, -0.2) is 21.8 Å². The smallest absolute Gasteiger partial charge is 0.260 e. The molecule has 0 fully saturated rings. The maximum Gasteiger partial charge on any atom is 0.260 e. The molecule has 0 aliphatic rings. The Morgan fingerprint density at radius 3 is 2.47 bits per heavy atom. The maximum absolute atomic E-state index is 13.6. The first-order valence-corrected chi connectivity index (χ1v) is 14.6. The summed E-state index contributed by atoms with van der Waals surface area (Å²) in [6.07, 6.45) is 4.39. The van der Waals surface area contributed by atoms with Gasteiger partial charge in [-0.05, 0) is 48.0 Å². The number of hydrogen-bond acceptors (Lipinski definition) is 8. The first-order valence-electron chi connectivity index (χ1n) is 10.2. The number of sulfone groups is 2. The fourth-order valence-corrected chi connectivity index (χ4v) is 5.93. The summed E-state index contributed by atoms with van der Waals surface area (Å²) in [6, 6.07) is 14.1. The van der Waals surface area contributed by atoms with Crippen molar-refractivity contribution in [2.75, 3.05) is 16.9 Å². The molecule has 0 saturated heterocycles. The van der Waals surface area contributed by atoms with Crippen molar-refractivity contribution in [1.29, 1.82) is 0 Å². The number of fused-ring (bicyclic) bond motifs is 1. The van der Waals surface area contributed by atoms with Gasteiger partial charge in [-0.3, -0.25) is 14.7 Å². The normalized spacial score (nSPS) is 12.1. The third kappa shape index (κ3) is 5.01. The van der Waals surface area contributed by atoms with Crippen LogP contribution in [0.4, 0.5) is 5.13 Å². The zero-order valence-electron chi connectivity index (χ0n) is 18.4. The SMILES string of the molecule is CCS(=O)(=O)c1cccc(C(=O)N(Cc2cccnc2)c2nc3ccc(S(C)(=O)=O)cc3s2)c1. The number of rotatable bonds is 7. The molecule has 11 heteroatoms. The van der Waals surface area contributed by atoms with Crippen molar-refractivity contribution in [1.82, 2.24) is 9.97 Å². The highest BCUT2D eigenvalue weighted by atomic mass is 32.2. The van der Waals surface area contributed by atoms with Crippen LogP contribution in [0.1, 0.15) is 22.8 Å². The molecule has 0 saturated carbocycles. The molecule has 0 atom stereocenters. The number of pyridine rings is 1. The molecule has 2 aromatic carbocycles. The van der Waals surface area contributed by atoms with Crippen LogP contribution < -0.4 is 4.90 Å². The van der Waals surface area contributed by atoms with Gasteiger partial charge >= 0.3 is 0 Å². The van der Waals surface area contributed by atoms with Crippen LogP contribution in [-0.2, 0) is 26.2 Å². The molecule has 34 heavy (non-hydrogen) atoms. The fraction of sp³-hybridized carbons (Fsp3) is 0.174. The average molecular weight is 516 g/mol. The fourth-order valence-electron chi connectivity index (χ4n) is 3.28. The minimum absolute atomic E-state index is 0.0734. The molecule has 0 aliphatic heterocycles. The van der Waals surface area contributed by atoms with Gasteiger partial charge in [0.05, 0.1) is 32.3 Å². The largest absolute Gasteiger partial charge is 0.279 e. The zero-order chi connectivity index (χ0) is 24.5. The molecule has 8 nitrogen and oxygen atoms in total. The molecule has 4 aromatic rings. The molecule has 0 unspecified atom stereocenters. The van der Waals surface area contributed by atoms with E-state index in [1.165, 1.54) is 46.6 Å². The van der Waals surface area contributed by atoms with Crippen molar-refractivity contribution < 1.29 is 21.6 Å². The summed E-state index contributed by atoms with van der Waals surface area (Å²) in [5.41, 5.74) is 1.51. The minimum atomic E-state index is -3.49. The number of aromatic nitrogens is 2. The molecule has 2 aromatic heterocycles. The van der Waals surface area contributed by atoms with Gasteiger partial charge in [0.15, 0.2) is 24.8 Å². The zero-order valence-corrected chi connectivity index (χ0v) is 20.8. The second kappa shape index (κ2) is 9.24. The topological polar surface area (TPSA) is 114 Å². The quantitative estimate of drug-likeness (QED) is 0.368. The monoisotopic (exact) mass is 515 g/mol. The summed E-state index contributed by atoms with van der Waals surface area (Å²) in [7, 11) is -6.89. The number of hydrogen-bond donors (Lipinski definition) is 0. The van der Waals surface area contributed by atoms with E-state index in [1.807, 2.05) is 6.07 Å². The average Bonchev–Trinajstić information content (AvgIpc) is 3.25. The molecule has 0 bridgehead atoms. The van der Waals surface area contributed by atoms with E-state index in [0.29, 0.717) is 15.3 Å². The predicted octanol–water partition coefficient (Wildman–Crippen LogP) is 3.74. The maximum atomic E-state index is 13.6. The van der Waals surface area contributed by atoms with Gasteiger partial charge in [-0.1, -0.05) is 30.4 Å². The Morgan fingerprint density at radius 1 is 1.00 bits per heavy atom. The van der Waals surface area contributed by atoms with Gasteiger partial charge in [-0.15, -0.1) is 0 Å². The van der Waals surface area contributed by atoms with Crippen molar-refractivity contribution in [2.24, 2.45) is 0 Å². The van der Waals surface area contributed by atoms with Crippen LogP contribution in [0.5, 0.6) is 0 Å². The van der Waals surface area contributed by atoms with Gasteiger partial charge in [0.1, 0.15) is 0 Å². The summed E-state index contributed by atoms with van der Waals surface area (Å²) in [5, 5.41) is 0.359. The standard InChI is InChI=1S/C23H21N3O5S3/c1-3-34(30,31)19-8-4-7-17(12-19)22(27)26(15-16-6-5-11-24-14-16)23-25-20-10-9-18(33(2,28)29)13-21(20)32-23/h4-14H,3,15H2,1-2H3. The highest BCUT2D eigenvalue weighted by molar-refractivity contribution is 7.91. The van der Waals surface area contributed by atoms with Crippen LogP contribution >= 0.6 is 11.3 Å². The molecule has 0 spiro atoms. The summed E-state index contributed by atoms with van der Waals surface area (Å²) >= 11 is 1.18. The number of thiazole rings is 1. The molecule has 4 rings (SSSR count). The lowest BCUT2D eigenvalue weighted by atomic mass is 10.2. The lowest BCUT2D eigenvalue weighted by Crippen LogP contribution is -2.30. The Balaban J connectivity index is 1.80. The highest BCUT2D eigenvalue weighted by Crippen LogP contribution is 2.32. The van der Waals surface area contributed by atoms with E-state index in [9.17, 15) is 21.6 Å². The van der Waals surface area contributed by atoms with E-state index in [-0.39, 0.29) is 27.7 Å². The van der Waals surface area contributed by atoms with Crippen LogP contribution in [0, 0.1) is 0 Å². The number of carbonyl (C=O) groups is 1. The molecule has 0 N–H and O–H groups in total. The second-order valence-electron chi connectivity index (χ2n) is 7.58. The lowest BCUT2D eigenvalue weighted by molar-refractivity contribution is 0.0985. The van der Waals surface area contributed by atoms with E-state index in [1.54, 1.807) is 37.5 Å². The van der Waals surface area contributed by atoms with E-state index in [2.05, 4.69) is 9.97 Å². The first-order chi connectivity index (χ1) is 16.1. The van der Waals surface area contributed by atoms with E-state index < -0.39 is 25.6 Å². The van der Waals surface area contributed by atoms with Crippen molar-refractivity contribution in [3.05, 3.63) is 78.1 Å². The second-order valence-corrected chi connectivity index (χ2v) is 12.9. The number of amides is 1. The van der Waals surface area contributed by atoms with Crippen LogP contribution in [0.25, 0.3) is 10.2 Å². The molecule has 0 radical (unpaired) electrons. The summed E-state index contributed by atoms with van der Waals surface area (Å²) in [6.45, 7) is 1.70. The van der Waals surface area contributed by atoms with E-state index >= 15 is 0 Å². The van der Waals surface area contributed by atoms with E-state index in [4.69, 9.17) is 0 Å².